The Kier molecular flexibility index (Phi) is 8.67. The highest BCUT2D eigenvalue weighted by Gasteiger charge is 2.48. The number of anilines is 3. The molecule has 0 saturated carbocycles. The van der Waals surface area contributed by atoms with Gasteiger partial charge in [-0.1, -0.05) is 179 Å². The van der Waals surface area contributed by atoms with E-state index in [1.807, 2.05) is 4.57 Å². The number of nitrogens with zero attached hydrogens (tertiary/aromatic N) is 3. The molecular weight excluding hydrogens is 886 g/mol. The quantitative estimate of drug-likeness (QED) is 0.161. The predicted octanol–water partition coefficient (Wildman–Crippen LogP) is 17.8. The van der Waals surface area contributed by atoms with Crippen LogP contribution in [0.5, 0.6) is 0 Å². The van der Waals surface area contributed by atoms with Crippen molar-refractivity contribution in [2.45, 2.75) is 157 Å². The van der Waals surface area contributed by atoms with Gasteiger partial charge in [-0.05, 0) is 138 Å². The lowest BCUT2D eigenvalue weighted by molar-refractivity contribution is 0.557. The third-order valence-corrected chi connectivity index (χ3v) is 16.2. The maximum absolute atomic E-state index is 9.59. The molecule has 7 aromatic carbocycles. The summed E-state index contributed by atoms with van der Waals surface area (Å²) in [5, 5.41) is 5.00. The maximum atomic E-state index is 9.59. The second-order valence-corrected chi connectivity index (χ2v) is 27.6. The van der Waals surface area contributed by atoms with Gasteiger partial charge >= 0.3 is 6.85 Å². The van der Waals surface area contributed by atoms with Crippen molar-refractivity contribution in [1.29, 1.82) is 0 Å². The summed E-state index contributed by atoms with van der Waals surface area (Å²) in [5.74, 6) is 0. The SMILES string of the molecule is [2H]c1c([2H])c([2H])c(-n2c3ccc(C(C)(C)C)cc3c3ccc4c(c5cc(C(C)(C)C)cc6c5n4B4c5oc7c(C(C)(C)C)cc(C(C)(C)C)cc7c5N(c5ccc(C(C)(C)C)cc5)c5cc(C(C)(C)C)cc-6c54)c32)c([2H])c1[2H]. The van der Waals surface area contributed by atoms with Crippen LogP contribution in [0.4, 0.5) is 17.1 Å². The monoisotopic (exact) mass is 965 g/mol. The van der Waals surface area contributed by atoms with E-state index in [0.717, 1.165) is 94.0 Å². The van der Waals surface area contributed by atoms with Gasteiger partial charge in [0.05, 0.1) is 23.6 Å². The summed E-state index contributed by atoms with van der Waals surface area (Å²) < 4.78 is 58.3. The van der Waals surface area contributed by atoms with Gasteiger partial charge in [0, 0.05) is 66.2 Å². The minimum atomic E-state index is -0.432. The molecule has 4 nitrogen and oxygen atoms in total. The molecule has 370 valence electrons. The van der Waals surface area contributed by atoms with Crippen LogP contribution in [-0.2, 0) is 32.5 Å². The molecule has 2 aliphatic rings. The molecular formula is C68H74BN3O. The van der Waals surface area contributed by atoms with E-state index in [1.54, 1.807) is 0 Å². The summed E-state index contributed by atoms with van der Waals surface area (Å²) in [7, 11) is 0. The Labute approximate surface area is 441 Å². The minimum absolute atomic E-state index is 0.0442. The summed E-state index contributed by atoms with van der Waals surface area (Å²) >= 11 is 0. The maximum Gasteiger partial charge on any atom is 0.375 e. The zero-order valence-corrected chi connectivity index (χ0v) is 46.5. The van der Waals surface area contributed by atoms with E-state index >= 15 is 0 Å². The van der Waals surface area contributed by atoms with Crippen LogP contribution in [0.1, 0.15) is 165 Å². The van der Waals surface area contributed by atoms with Crippen LogP contribution in [0.25, 0.3) is 71.4 Å². The van der Waals surface area contributed by atoms with E-state index in [0.29, 0.717) is 0 Å². The Morgan fingerprint density at radius 1 is 0.452 bits per heavy atom. The highest BCUT2D eigenvalue weighted by atomic mass is 16.3. The van der Waals surface area contributed by atoms with Crippen molar-refractivity contribution in [3.63, 3.8) is 0 Å². The van der Waals surface area contributed by atoms with Gasteiger partial charge in [0.25, 0.3) is 0 Å². The number of benzene rings is 7. The van der Waals surface area contributed by atoms with Crippen molar-refractivity contribution >= 4 is 89.6 Å². The number of furan rings is 1. The third kappa shape index (κ3) is 7.07. The minimum Gasteiger partial charge on any atom is -0.466 e. The van der Waals surface area contributed by atoms with Gasteiger partial charge in [0.2, 0.25) is 0 Å². The normalized spacial score (nSPS) is 15.3. The number of rotatable bonds is 2. The topological polar surface area (TPSA) is 26.2 Å². The summed E-state index contributed by atoms with van der Waals surface area (Å²) in [5.41, 5.74) is 18.3. The van der Waals surface area contributed by atoms with Gasteiger partial charge in [-0.2, -0.15) is 0 Å². The zero-order valence-electron chi connectivity index (χ0n) is 51.5. The van der Waals surface area contributed by atoms with E-state index in [-0.39, 0.29) is 62.3 Å². The number of hydrogen-bond donors (Lipinski definition) is 0. The smallest absolute Gasteiger partial charge is 0.375 e. The van der Waals surface area contributed by atoms with Gasteiger partial charge in [-0.3, -0.25) is 0 Å². The average Bonchev–Trinajstić information content (AvgIpc) is 4.20. The van der Waals surface area contributed by atoms with Crippen molar-refractivity contribution in [3.8, 4) is 16.8 Å². The molecule has 0 atom stereocenters. The molecule has 10 aromatic rings. The zero-order chi connectivity index (χ0) is 56.4. The Bertz CT molecular complexity index is 4230. The highest BCUT2D eigenvalue weighted by molar-refractivity contribution is 6.89. The highest BCUT2D eigenvalue weighted by Crippen LogP contribution is 2.53. The van der Waals surface area contributed by atoms with Crippen LogP contribution in [0.2, 0.25) is 0 Å². The molecule has 0 spiro atoms. The lowest BCUT2D eigenvalue weighted by Crippen LogP contribution is -2.56. The summed E-state index contributed by atoms with van der Waals surface area (Å²) in [6, 6.07) is 33.0. The molecule has 0 saturated heterocycles. The van der Waals surface area contributed by atoms with E-state index in [9.17, 15) is 2.74 Å². The van der Waals surface area contributed by atoms with Crippen molar-refractivity contribution in [1.82, 2.24) is 9.05 Å². The fraction of sp³-hybridized carbons (Fsp3) is 0.353. The van der Waals surface area contributed by atoms with Crippen molar-refractivity contribution in [2.24, 2.45) is 0 Å². The van der Waals surface area contributed by atoms with Crippen LogP contribution in [0.3, 0.4) is 0 Å². The first-order chi connectivity index (χ1) is 36.1. The van der Waals surface area contributed by atoms with Crippen LogP contribution < -0.4 is 16.0 Å². The molecule has 0 amide bonds. The Hall–Kier alpha value is -6.46. The summed E-state index contributed by atoms with van der Waals surface area (Å²) in [6.45, 7) is 40.6. The van der Waals surface area contributed by atoms with E-state index in [1.165, 1.54) is 33.3 Å². The van der Waals surface area contributed by atoms with Gasteiger partial charge in [-0.15, -0.1) is 0 Å². The molecule has 73 heavy (non-hydrogen) atoms. The number of para-hydroxylation sites is 1. The third-order valence-electron chi connectivity index (χ3n) is 16.2. The molecule has 2 aliphatic heterocycles. The van der Waals surface area contributed by atoms with E-state index in [2.05, 4.69) is 225 Å². The Balaban J connectivity index is 1.34. The molecule has 0 bridgehead atoms. The van der Waals surface area contributed by atoms with E-state index < -0.39 is 12.9 Å². The largest absolute Gasteiger partial charge is 0.466 e. The van der Waals surface area contributed by atoms with Crippen molar-refractivity contribution in [2.75, 3.05) is 4.90 Å². The van der Waals surface area contributed by atoms with E-state index in [4.69, 9.17) is 8.53 Å². The van der Waals surface area contributed by atoms with Crippen molar-refractivity contribution < 1.29 is 11.3 Å². The fourth-order valence-electron chi connectivity index (χ4n) is 12.0. The average molecular weight is 965 g/mol. The first-order valence-corrected chi connectivity index (χ1v) is 26.5. The lowest BCUT2D eigenvalue weighted by Gasteiger charge is -2.40. The molecule has 0 radical (unpaired) electrons. The standard InChI is InChI=1S/C68H74BN3O/c1-63(2,3)39-24-27-45(28-25-39)71-55-38-43(67(13,14)15)33-48-49-34-41(65(7,8)9)35-50-56-54(31-29-46-47-32-40(64(4,5)6)26-30-53(47)70(59(46)56)44-22-20-19-21-23-44)72(58(49)50)69(57(48)55)62-60(71)51-36-42(66(10,11)12)37-52(61(51)73-62)68(16,17)18/h19-38H,1-18H3/i19D,20D,21D,22D,23D. The molecule has 5 heteroatoms. The molecule has 0 fully saturated rings. The molecule has 12 rings (SSSR count). The van der Waals surface area contributed by atoms with Gasteiger partial charge in [0.1, 0.15) is 11.2 Å². The Morgan fingerprint density at radius 3 is 1.62 bits per heavy atom. The summed E-state index contributed by atoms with van der Waals surface area (Å²) in [4.78, 5) is 2.51. The number of aromatic nitrogens is 2. The van der Waals surface area contributed by atoms with Gasteiger partial charge < -0.3 is 18.4 Å². The second-order valence-electron chi connectivity index (χ2n) is 27.6. The molecule has 0 N–H and O–H groups in total. The number of hydrogen-bond acceptors (Lipinski definition) is 2. The first kappa shape index (κ1) is 42.0. The summed E-state index contributed by atoms with van der Waals surface area (Å²) in [6.07, 6.45) is 0. The van der Waals surface area contributed by atoms with Crippen LogP contribution in [0, 0.1) is 0 Å². The molecule has 3 aromatic heterocycles. The van der Waals surface area contributed by atoms with Gasteiger partial charge in [-0.25, -0.2) is 0 Å². The Morgan fingerprint density at radius 2 is 1.00 bits per heavy atom. The predicted molar refractivity (Wildman–Crippen MR) is 316 cm³/mol. The first-order valence-electron chi connectivity index (χ1n) is 29.0. The fourth-order valence-corrected chi connectivity index (χ4v) is 12.0. The molecule has 5 heterocycles. The number of fused-ring (bicyclic) bond motifs is 13. The molecule has 0 aliphatic carbocycles. The van der Waals surface area contributed by atoms with Gasteiger partial charge in [0.15, 0.2) is 0 Å². The van der Waals surface area contributed by atoms with Crippen LogP contribution in [-0.4, -0.2) is 15.9 Å². The van der Waals surface area contributed by atoms with Crippen LogP contribution in [0.15, 0.2) is 126 Å². The van der Waals surface area contributed by atoms with Crippen molar-refractivity contribution in [3.05, 3.63) is 155 Å². The lowest BCUT2D eigenvalue weighted by atomic mass is 9.47. The second kappa shape index (κ2) is 15.1. The van der Waals surface area contributed by atoms with Crippen LogP contribution >= 0.6 is 0 Å². The molecule has 0 unspecified atom stereocenters.